The number of amides is 3. The molecule has 2 N–H and O–H groups in total. The first-order chi connectivity index (χ1) is 18.2. The number of esters is 1. The fourth-order valence-corrected chi connectivity index (χ4v) is 4.35. The van der Waals surface area contributed by atoms with Crippen molar-refractivity contribution >= 4 is 52.5 Å². The first-order valence-corrected chi connectivity index (χ1v) is 12.1. The van der Waals surface area contributed by atoms with Crippen molar-refractivity contribution in [3.05, 3.63) is 86.0 Å². The van der Waals surface area contributed by atoms with Gasteiger partial charge in [-0.25, -0.2) is 14.4 Å². The van der Waals surface area contributed by atoms with Crippen molar-refractivity contribution in [3.63, 3.8) is 0 Å². The number of carboxylic acid groups (broad SMARTS) is 1. The Kier molecular flexibility index (Phi) is 8.00. The van der Waals surface area contributed by atoms with Gasteiger partial charge in [-0.3, -0.25) is 9.69 Å². The second-order valence-corrected chi connectivity index (χ2v) is 9.12. The molecule has 0 aliphatic carbocycles. The van der Waals surface area contributed by atoms with Crippen LogP contribution in [-0.4, -0.2) is 48.1 Å². The Morgan fingerprint density at radius 3 is 2.50 bits per heavy atom. The Hall–Kier alpha value is -4.33. The Balaban J connectivity index is 1.49. The van der Waals surface area contributed by atoms with Crippen LogP contribution in [0.5, 0.6) is 11.5 Å². The lowest BCUT2D eigenvalue weighted by molar-refractivity contribution is -0.123. The number of hydrogen-bond acceptors (Lipinski definition) is 8. The summed E-state index contributed by atoms with van der Waals surface area (Å²) in [6, 6.07) is 12.0. The molecule has 0 bridgehead atoms. The van der Waals surface area contributed by atoms with E-state index in [0.29, 0.717) is 20.6 Å². The molecule has 1 aromatic heterocycles. The number of imide groups is 1. The average Bonchev–Trinajstić information content (AvgIpc) is 3.48. The summed E-state index contributed by atoms with van der Waals surface area (Å²) in [5, 5.41) is 11.6. The predicted octanol–water partition coefficient (Wildman–Crippen LogP) is 4.05. The van der Waals surface area contributed by atoms with Gasteiger partial charge in [0.2, 0.25) is 5.76 Å². The first-order valence-electron chi connectivity index (χ1n) is 11.0. The Bertz CT molecular complexity index is 1440. The van der Waals surface area contributed by atoms with Crippen LogP contribution in [0.2, 0.25) is 0 Å². The van der Waals surface area contributed by atoms with E-state index in [4.69, 9.17) is 19.0 Å². The van der Waals surface area contributed by atoms with Gasteiger partial charge in [-0.05, 0) is 76.2 Å². The molecule has 3 amide bonds. The SMILES string of the molecule is COC(=O)c1ccc(CN2C(=O)N/C(=C\c3cc(I)c(OCc4ccc(C(=O)O)cc4)c(OC)c3)C2=O)o1. The molecule has 0 saturated carbocycles. The normalized spacial score (nSPS) is 14.0. The minimum Gasteiger partial charge on any atom is -0.493 e. The average molecular weight is 632 g/mol. The lowest BCUT2D eigenvalue weighted by Crippen LogP contribution is -2.30. The molecule has 2 heterocycles. The monoisotopic (exact) mass is 632 g/mol. The van der Waals surface area contributed by atoms with Crippen LogP contribution in [0.1, 0.15) is 37.8 Å². The van der Waals surface area contributed by atoms with Gasteiger partial charge >= 0.3 is 18.0 Å². The number of rotatable bonds is 9. The number of aromatic carboxylic acids is 1. The highest BCUT2D eigenvalue weighted by Crippen LogP contribution is 2.35. The number of carboxylic acids is 1. The molecule has 0 spiro atoms. The molecule has 2 aromatic carbocycles. The molecule has 0 unspecified atom stereocenters. The minimum atomic E-state index is -1.01. The third kappa shape index (κ3) is 5.80. The van der Waals surface area contributed by atoms with Crippen molar-refractivity contribution in [2.45, 2.75) is 13.2 Å². The van der Waals surface area contributed by atoms with Crippen LogP contribution in [0.15, 0.2) is 58.6 Å². The molecule has 4 rings (SSSR count). The third-order valence-electron chi connectivity index (χ3n) is 5.47. The quantitative estimate of drug-likeness (QED) is 0.155. The standard InChI is InChI=1S/C26H21IN2O9/c1-35-21-11-15(9-18(27)22(21)37-13-14-3-5-16(6-4-14)24(31)32)10-19-23(30)29(26(34)28-19)12-17-7-8-20(38-17)25(33)36-2/h3-11H,12-13H2,1-2H3,(H,28,34)(H,31,32)/b19-10-. The molecule has 1 aliphatic rings. The van der Waals surface area contributed by atoms with Crippen LogP contribution >= 0.6 is 22.6 Å². The smallest absolute Gasteiger partial charge is 0.373 e. The molecule has 1 saturated heterocycles. The summed E-state index contributed by atoms with van der Waals surface area (Å²) in [6.45, 7) is 0.0146. The second-order valence-electron chi connectivity index (χ2n) is 7.96. The van der Waals surface area contributed by atoms with Crippen molar-refractivity contribution in [1.29, 1.82) is 0 Å². The largest absolute Gasteiger partial charge is 0.493 e. The molecule has 1 aliphatic heterocycles. The van der Waals surface area contributed by atoms with Crippen LogP contribution in [0, 0.1) is 3.57 Å². The molecule has 38 heavy (non-hydrogen) atoms. The van der Waals surface area contributed by atoms with E-state index in [1.165, 1.54) is 44.6 Å². The summed E-state index contributed by atoms with van der Waals surface area (Å²) in [4.78, 5) is 48.9. The van der Waals surface area contributed by atoms with Gasteiger partial charge in [-0.1, -0.05) is 12.1 Å². The van der Waals surface area contributed by atoms with Crippen molar-refractivity contribution in [3.8, 4) is 11.5 Å². The van der Waals surface area contributed by atoms with Crippen LogP contribution in [-0.2, 0) is 22.7 Å². The summed E-state index contributed by atoms with van der Waals surface area (Å²) < 4.78 is 22.0. The van der Waals surface area contributed by atoms with E-state index in [1.54, 1.807) is 24.3 Å². The Morgan fingerprint density at radius 2 is 1.84 bits per heavy atom. The molecular formula is C26H21IN2O9. The number of ether oxygens (including phenoxy) is 3. The van der Waals surface area contributed by atoms with E-state index in [0.717, 1.165) is 10.5 Å². The fraction of sp³-hybridized carbons (Fsp3) is 0.154. The van der Waals surface area contributed by atoms with E-state index < -0.39 is 23.9 Å². The van der Waals surface area contributed by atoms with Crippen molar-refractivity contribution in [2.24, 2.45) is 0 Å². The number of methoxy groups -OCH3 is 2. The summed E-state index contributed by atoms with van der Waals surface area (Å²) >= 11 is 2.07. The van der Waals surface area contributed by atoms with E-state index in [-0.39, 0.29) is 35.9 Å². The van der Waals surface area contributed by atoms with Crippen molar-refractivity contribution in [2.75, 3.05) is 14.2 Å². The van der Waals surface area contributed by atoms with Gasteiger partial charge in [-0.2, -0.15) is 0 Å². The zero-order valence-electron chi connectivity index (χ0n) is 20.1. The number of carbonyl (C=O) groups excluding carboxylic acids is 3. The van der Waals surface area contributed by atoms with Gasteiger partial charge in [0.15, 0.2) is 11.5 Å². The zero-order valence-corrected chi connectivity index (χ0v) is 22.3. The molecule has 1 fully saturated rings. The van der Waals surface area contributed by atoms with Crippen molar-refractivity contribution < 1.29 is 42.9 Å². The number of hydrogen-bond donors (Lipinski definition) is 2. The van der Waals surface area contributed by atoms with E-state index in [2.05, 4.69) is 32.6 Å². The predicted molar refractivity (Wildman–Crippen MR) is 141 cm³/mol. The summed E-state index contributed by atoms with van der Waals surface area (Å²) in [5.41, 5.74) is 1.59. The maximum Gasteiger partial charge on any atom is 0.373 e. The highest BCUT2D eigenvalue weighted by atomic mass is 127. The number of nitrogens with zero attached hydrogens (tertiary/aromatic N) is 1. The zero-order chi connectivity index (χ0) is 27.4. The van der Waals surface area contributed by atoms with Gasteiger partial charge in [0.25, 0.3) is 5.91 Å². The Morgan fingerprint density at radius 1 is 1.11 bits per heavy atom. The maximum absolute atomic E-state index is 12.9. The molecule has 12 heteroatoms. The van der Waals surface area contributed by atoms with Crippen LogP contribution in [0.4, 0.5) is 4.79 Å². The number of carbonyl (C=O) groups is 4. The number of furan rings is 1. The molecular weight excluding hydrogens is 611 g/mol. The molecule has 196 valence electrons. The minimum absolute atomic E-state index is 0.0356. The summed E-state index contributed by atoms with van der Waals surface area (Å²) in [7, 11) is 2.70. The van der Waals surface area contributed by atoms with Crippen LogP contribution in [0.3, 0.4) is 0 Å². The number of halogens is 1. The first kappa shape index (κ1) is 26.7. The van der Waals surface area contributed by atoms with Gasteiger partial charge in [0, 0.05) is 0 Å². The molecule has 3 aromatic rings. The number of urea groups is 1. The molecule has 11 nitrogen and oxygen atoms in total. The number of nitrogens with one attached hydrogen (secondary N) is 1. The second kappa shape index (κ2) is 11.4. The van der Waals surface area contributed by atoms with Gasteiger partial charge < -0.3 is 29.1 Å². The van der Waals surface area contributed by atoms with Crippen LogP contribution in [0.25, 0.3) is 6.08 Å². The fourth-order valence-electron chi connectivity index (χ4n) is 3.57. The number of benzene rings is 2. The maximum atomic E-state index is 12.9. The van der Waals surface area contributed by atoms with E-state index in [9.17, 15) is 19.2 Å². The lowest BCUT2D eigenvalue weighted by atomic mass is 10.1. The highest BCUT2D eigenvalue weighted by Gasteiger charge is 2.34. The molecule has 0 radical (unpaired) electrons. The van der Waals surface area contributed by atoms with E-state index >= 15 is 0 Å². The van der Waals surface area contributed by atoms with Gasteiger partial charge in [0.05, 0.1) is 29.9 Å². The lowest BCUT2D eigenvalue weighted by Gasteiger charge is -2.14. The third-order valence-corrected chi connectivity index (χ3v) is 6.27. The highest BCUT2D eigenvalue weighted by molar-refractivity contribution is 14.1. The van der Waals surface area contributed by atoms with E-state index in [1.807, 2.05) is 0 Å². The van der Waals surface area contributed by atoms with Gasteiger partial charge in [-0.15, -0.1) is 0 Å². The Labute approximate surface area is 230 Å². The van der Waals surface area contributed by atoms with Gasteiger partial charge in [0.1, 0.15) is 18.1 Å². The molecule has 0 atom stereocenters. The topological polar surface area (TPSA) is 145 Å². The summed E-state index contributed by atoms with van der Waals surface area (Å²) in [6.07, 6.45) is 1.52. The van der Waals surface area contributed by atoms with Crippen LogP contribution < -0.4 is 14.8 Å². The summed E-state index contributed by atoms with van der Waals surface area (Å²) in [5.74, 6) is -1.15. The van der Waals surface area contributed by atoms with Crippen molar-refractivity contribution in [1.82, 2.24) is 10.2 Å².